The standard InChI is InChI=1S/C16H17ClN4OS/c1-11(9-18)23-16-20-19-15(12-4-6-13(17)7-5-12)21(16)10-14-3-2-8-22-14/h4-7,11,14H,2-3,8,10H2,1H3. The van der Waals surface area contributed by atoms with Crippen molar-refractivity contribution in [3.05, 3.63) is 29.3 Å². The molecule has 0 spiro atoms. The number of aromatic nitrogens is 3. The smallest absolute Gasteiger partial charge is 0.192 e. The molecular weight excluding hydrogens is 332 g/mol. The van der Waals surface area contributed by atoms with Crippen LogP contribution in [0.3, 0.4) is 0 Å². The predicted molar refractivity (Wildman–Crippen MR) is 90.4 cm³/mol. The highest BCUT2D eigenvalue weighted by Gasteiger charge is 2.22. The average Bonchev–Trinajstić information content (AvgIpc) is 3.20. The first-order valence-electron chi connectivity index (χ1n) is 7.54. The highest BCUT2D eigenvalue weighted by Crippen LogP contribution is 2.29. The molecule has 1 aliphatic heterocycles. The quantitative estimate of drug-likeness (QED) is 0.769. The maximum atomic E-state index is 9.06. The molecule has 2 heterocycles. The third-order valence-corrected chi connectivity index (χ3v) is 4.92. The minimum absolute atomic E-state index is 0.175. The molecule has 3 rings (SSSR count). The molecule has 2 unspecified atom stereocenters. The lowest BCUT2D eigenvalue weighted by Crippen LogP contribution is -2.17. The van der Waals surface area contributed by atoms with Crippen molar-refractivity contribution in [3.63, 3.8) is 0 Å². The Hall–Kier alpha value is -1.55. The molecule has 2 aromatic rings. The number of rotatable bonds is 5. The van der Waals surface area contributed by atoms with Crippen molar-refractivity contribution in [1.82, 2.24) is 14.8 Å². The molecule has 7 heteroatoms. The van der Waals surface area contributed by atoms with Gasteiger partial charge in [0.25, 0.3) is 0 Å². The molecule has 0 N–H and O–H groups in total. The van der Waals surface area contributed by atoms with E-state index in [0.29, 0.717) is 11.6 Å². The first-order chi connectivity index (χ1) is 11.2. The number of nitrogens with zero attached hydrogens (tertiary/aromatic N) is 4. The van der Waals surface area contributed by atoms with Gasteiger partial charge in [-0.2, -0.15) is 5.26 Å². The molecule has 0 bridgehead atoms. The fourth-order valence-corrected chi connectivity index (χ4v) is 3.40. The zero-order valence-corrected chi connectivity index (χ0v) is 14.3. The van der Waals surface area contributed by atoms with Gasteiger partial charge in [0.1, 0.15) is 0 Å². The second-order valence-corrected chi connectivity index (χ2v) is 7.19. The van der Waals surface area contributed by atoms with Crippen LogP contribution < -0.4 is 0 Å². The van der Waals surface area contributed by atoms with Crippen LogP contribution in [0.4, 0.5) is 0 Å². The third kappa shape index (κ3) is 3.86. The Morgan fingerprint density at radius 3 is 2.87 bits per heavy atom. The molecule has 0 aliphatic carbocycles. The van der Waals surface area contributed by atoms with Crippen LogP contribution in [-0.2, 0) is 11.3 Å². The van der Waals surface area contributed by atoms with Crippen molar-refractivity contribution in [2.75, 3.05) is 6.61 Å². The van der Waals surface area contributed by atoms with Crippen molar-refractivity contribution in [1.29, 1.82) is 5.26 Å². The van der Waals surface area contributed by atoms with Crippen LogP contribution in [0.15, 0.2) is 29.4 Å². The number of thioether (sulfide) groups is 1. The summed E-state index contributed by atoms with van der Waals surface area (Å²) >= 11 is 7.39. The van der Waals surface area contributed by atoms with E-state index in [0.717, 1.165) is 36.0 Å². The highest BCUT2D eigenvalue weighted by atomic mass is 35.5. The van der Waals surface area contributed by atoms with Gasteiger partial charge in [0, 0.05) is 17.2 Å². The van der Waals surface area contributed by atoms with Crippen molar-refractivity contribution in [3.8, 4) is 17.5 Å². The van der Waals surface area contributed by atoms with Crippen LogP contribution in [0.1, 0.15) is 19.8 Å². The molecule has 2 atom stereocenters. The molecule has 5 nitrogen and oxygen atoms in total. The van der Waals surface area contributed by atoms with Gasteiger partial charge < -0.3 is 4.74 Å². The van der Waals surface area contributed by atoms with E-state index >= 15 is 0 Å². The maximum absolute atomic E-state index is 9.06. The molecule has 1 aliphatic rings. The lowest BCUT2D eigenvalue weighted by atomic mass is 10.2. The molecule has 1 aromatic carbocycles. The van der Waals surface area contributed by atoms with Crippen molar-refractivity contribution < 1.29 is 4.74 Å². The number of hydrogen-bond acceptors (Lipinski definition) is 5. The Balaban J connectivity index is 1.94. The van der Waals surface area contributed by atoms with Crippen LogP contribution >= 0.6 is 23.4 Å². The lowest BCUT2D eigenvalue weighted by Gasteiger charge is -2.15. The van der Waals surface area contributed by atoms with E-state index in [4.69, 9.17) is 21.6 Å². The molecule has 1 aromatic heterocycles. The molecule has 1 saturated heterocycles. The van der Waals surface area contributed by atoms with Gasteiger partial charge in [-0.05, 0) is 44.0 Å². The fraction of sp³-hybridized carbons (Fsp3) is 0.438. The number of ether oxygens (including phenoxy) is 1. The number of benzene rings is 1. The van der Waals surface area contributed by atoms with E-state index in [1.54, 1.807) is 0 Å². The Morgan fingerprint density at radius 1 is 1.43 bits per heavy atom. The van der Waals surface area contributed by atoms with E-state index in [9.17, 15) is 0 Å². The molecule has 0 radical (unpaired) electrons. The zero-order chi connectivity index (χ0) is 16.2. The maximum Gasteiger partial charge on any atom is 0.192 e. The predicted octanol–water partition coefficient (Wildman–Crippen LogP) is 3.78. The minimum atomic E-state index is -0.180. The lowest BCUT2D eigenvalue weighted by molar-refractivity contribution is 0.0953. The van der Waals surface area contributed by atoms with E-state index in [1.165, 1.54) is 11.8 Å². The first kappa shape index (κ1) is 16.3. The van der Waals surface area contributed by atoms with Crippen molar-refractivity contribution >= 4 is 23.4 Å². The van der Waals surface area contributed by atoms with Gasteiger partial charge in [-0.15, -0.1) is 10.2 Å². The van der Waals surface area contributed by atoms with Crippen molar-refractivity contribution in [2.24, 2.45) is 0 Å². The Kier molecular flexibility index (Phi) is 5.21. The highest BCUT2D eigenvalue weighted by molar-refractivity contribution is 8.00. The van der Waals surface area contributed by atoms with E-state index in [2.05, 4.69) is 20.8 Å². The van der Waals surface area contributed by atoms with Gasteiger partial charge in [0.2, 0.25) is 0 Å². The number of halogens is 1. The summed E-state index contributed by atoms with van der Waals surface area (Å²) in [5.74, 6) is 0.782. The molecule has 23 heavy (non-hydrogen) atoms. The van der Waals surface area contributed by atoms with Gasteiger partial charge in [-0.3, -0.25) is 4.57 Å². The average molecular weight is 349 g/mol. The normalized spacial score (nSPS) is 18.7. The molecule has 120 valence electrons. The monoisotopic (exact) mass is 348 g/mol. The summed E-state index contributed by atoms with van der Waals surface area (Å²) in [6.07, 6.45) is 2.30. The van der Waals surface area contributed by atoms with Gasteiger partial charge in [-0.25, -0.2) is 0 Å². The molecule has 0 saturated carbocycles. The summed E-state index contributed by atoms with van der Waals surface area (Å²) < 4.78 is 7.80. The summed E-state index contributed by atoms with van der Waals surface area (Å²) in [4.78, 5) is 0. The van der Waals surface area contributed by atoms with E-state index in [1.807, 2.05) is 31.2 Å². The van der Waals surface area contributed by atoms with Gasteiger partial charge in [-0.1, -0.05) is 23.4 Å². The van der Waals surface area contributed by atoms with E-state index in [-0.39, 0.29) is 11.4 Å². The largest absolute Gasteiger partial charge is 0.376 e. The summed E-state index contributed by atoms with van der Waals surface area (Å²) in [6.45, 7) is 3.36. The Labute approximate surface area is 144 Å². The van der Waals surface area contributed by atoms with Crippen LogP contribution in [0.5, 0.6) is 0 Å². The Morgan fingerprint density at radius 2 is 2.22 bits per heavy atom. The summed E-state index contributed by atoms with van der Waals surface area (Å²) in [7, 11) is 0. The van der Waals surface area contributed by atoms with E-state index < -0.39 is 0 Å². The molecular formula is C16H17ClN4OS. The third-order valence-electron chi connectivity index (χ3n) is 3.69. The number of hydrogen-bond donors (Lipinski definition) is 0. The van der Waals surface area contributed by atoms with Crippen LogP contribution in [0, 0.1) is 11.3 Å². The summed E-state index contributed by atoms with van der Waals surface area (Å²) in [6, 6.07) is 9.77. The van der Waals surface area contributed by atoms with Gasteiger partial charge in [0.05, 0.1) is 24.0 Å². The molecule has 0 amide bonds. The van der Waals surface area contributed by atoms with Crippen molar-refractivity contribution in [2.45, 2.75) is 42.8 Å². The topological polar surface area (TPSA) is 63.7 Å². The second-order valence-electron chi connectivity index (χ2n) is 5.45. The van der Waals surface area contributed by atoms with Gasteiger partial charge in [0.15, 0.2) is 11.0 Å². The first-order valence-corrected chi connectivity index (χ1v) is 8.80. The summed E-state index contributed by atoms with van der Waals surface area (Å²) in [5, 5.41) is 18.9. The van der Waals surface area contributed by atoms with Crippen LogP contribution in [0.25, 0.3) is 11.4 Å². The number of nitriles is 1. The fourth-order valence-electron chi connectivity index (χ4n) is 2.53. The summed E-state index contributed by atoms with van der Waals surface area (Å²) in [5.41, 5.74) is 0.955. The SMILES string of the molecule is CC(C#N)Sc1nnc(-c2ccc(Cl)cc2)n1CC1CCCO1. The van der Waals surface area contributed by atoms with Gasteiger partial charge >= 0.3 is 0 Å². The minimum Gasteiger partial charge on any atom is -0.376 e. The molecule has 1 fully saturated rings. The zero-order valence-electron chi connectivity index (χ0n) is 12.8. The van der Waals surface area contributed by atoms with Crippen LogP contribution in [-0.4, -0.2) is 32.7 Å². The Bertz CT molecular complexity index is 704. The second kappa shape index (κ2) is 7.35. The van der Waals surface area contributed by atoms with Crippen LogP contribution in [0.2, 0.25) is 5.02 Å².